The molecule has 2 aliphatic heterocycles. The molecular formula is C20H25N3O2S. The first-order chi connectivity index (χ1) is 12.4. The average Bonchev–Trinajstić information content (AvgIpc) is 3.35. The van der Waals surface area contributed by atoms with Gasteiger partial charge < -0.3 is 9.64 Å². The molecule has 2 aromatic heterocycles. The van der Waals surface area contributed by atoms with Gasteiger partial charge in [0.15, 0.2) is 0 Å². The van der Waals surface area contributed by atoms with Crippen molar-refractivity contribution >= 4 is 22.8 Å². The van der Waals surface area contributed by atoms with Crippen molar-refractivity contribution in [3.63, 3.8) is 0 Å². The van der Waals surface area contributed by atoms with Crippen molar-refractivity contribution in [3.8, 4) is 0 Å². The minimum atomic E-state index is -0.141. The third-order valence-corrected chi connectivity index (χ3v) is 6.31. The zero-order valence-electron chi connectivity index (χ0n) is 15.5. The summed E-state index contributed by atoms with van der Waals surface area (Å²) in [4.78, 5) is 16.0. The summed E-state index contributed by atoms with van der Waals surface area (Å²) < 4.78 is 6.09. The molecular weight excluding hydrogens is 346 g/mol. The van der Waals surface area contributed by atoms with Gasteiger partial charge in [-0.15, -0.1) is 11.3 Å². The number of nitrogens with zero attached hydrogens (tertiary/aromatic N) is 2. The standard InChI is InChI=1S/C20H25N3O2S/c1-19(2,3)17-11-15(21-22-17)18(24)23-8-6-20(7-9-23)12-14(13-25-20)16-5-4-10-26-16/h4-5,10-11,13H,6-9,12H2,1-3H3,(H,21,22). The molecule has 2 aromatic rings. The predicted octanol–water partition coefficient (Wildman–Crippen LogP) is 4.20. The number of carbonyl (C=O) groups excluding carboxylic acids is 1. The molecule has 26 heavy (non-hydrogen) atoms. The van der Waals surface area contributed by atoms with Gasteiger partial charge in [0.25, 0.3) is 5.91 Å². The van der Waals surface area contributed by atoms with Gasteiger partial charge in [0, 0.05) is 53.9 Å². The van der Waals surface area contributed by atoms with E-state index in [9.17, 15) is 4.79 Å². The maximum absolute atomic E-state index is 12.8. The predicted molar refractivity (Wildman–Crippen MR) is 103 cm³/mol. The number of rotatable bonds is 2. The molecule has 0 saturated carbocycles. The highest BCUT2D eigenvalue weighted by atomic mass is 32.1. The highest BCUT2D eigenvalue weighted by molar-refractivity contribution is 7.11. The van der Waals surface area contributed by atoms with Crippen LogP contribution in [0.5, 0.6) is 0 Å². The fourth-order valence-electron chi connectivity index (χ4n) is 3.62. The summed E-state index contributed by atoms with van der Waals surface area (Å²) >= 11 is 1.75. The second kappa shape index (κ2) is 6.27. The van der Waals surface area contributed by atoms with E-state index in [4.69, 9.17) is 4.74 Å². The second-order valence-corrected chi connectivity index (χ2v) is 9.25. The van der Waals surface area contributed by atoms with Crippen LogP contribution in [0.2, 0.25) is 0 Å². The van der Waals surface area contributed by atoms with Crippen LogP contribution in [0.25, 0.3) is 5.57 Å². The first-order valence-corrected chi connectivity index (χ1v) is 10.0. The molecule has 1 saturated heterocycles. The Kier molecular flexibility index (Phi) is 4.18. The van der Waals surface area contributed by atoms with E-state index in [2.05, 4.69) is 48.5 Å². The van der Waals surface area contributed by atoms with Gasteiger partial charge in [-0.2, -0.15) is 5.10 Å². The van der Waals surface area contributed by atoms with Crippen LogP contribution in [0, 0.1) is 0 Å². The fraction of sp³-hybridized carbons (Fsp3) is 0.500. The van der Waals surface area contributed by atoms with Crippen LogP contribution in [0.3, 0.4) is 0 Å². The Morgan fingerprint density at radius 2 is 2.12 bits per heavy atom. The Morgan fingerprint density at radius 1 is 1.35 bits per heavy atom. The first kappa shape index (κ1) is 17.3. The van der Waals surface area contributed by atoms with Gasteiger partial charge >= 0.3 is 0 Å². The smallest absolute Gasteiger partial charge is 0.274 e. The lowest BCUT2D eigenvalue weighted by Crippen LogP contribution is -2.46. The lowest BCUT2D eigenvalue weighted by atomic mass is 9.86. The van der Waals surface area contributed by atoms with Crippen molar-refractivity contribution in [2.45, 2.75) is 51.0 Å². The molecule has 1 N–H and O–H groups in total. The molecule has 0 aromatic carbocycles. The van der Waals surface area contributed by atoms with Crippen molar-refractivity contribution < 1.29 is 9.53 Å². The number of piperidine rings is 1. The maximum Gasteiger partial charge on any atom is 0.274 e. The summed E-state index contributed by atoms with van der Waals surface area (Å²) in [7, 11) is 0. The number of amides is 1. The largest absolute Gasteiger partial charge is 0.494 e. The van der Waals surface area contributed by atoms with E-state index in [1.165, 1.54) is 10.5 Å². The van der Waals surface area contributed by atoms with Crippen LogP contribution in [0.1, 0.15) is 61.1 Å². The van der Waals surface area contributed by atoms with E-state index in [1.807, 2.05) is 17.2 Å². The number of ether oxygens (including phenoxy) is 1. The lowest BCUT2D eigenvalue weighted by Gasteiger charge is -2.38. The molecule has 0 radical (unpaired) electrons. The Morgan fingerprint density at radius 3 is 2.73 bits per heavy atom. The number of hydrogen-bond donors (Lipinski definition) is 1. The Balaban J connectivity index is 1.38. The van der Waals surface area contributed by atoms with Crippen molar-refractivity contribution in [1.82, 2.24) is 15.1 Å². The Bertz CT molecular complexity index is 822. The zero-order chi connectivity index (χ0) is 18.4. The summed E-state index contributed by atoms with van der Waals surface area (Å²) in [5.74, 6) is 0.0102. The SMILES string of the molecule is CC(C)(C)c1cc(C(=O)N2CCC3(CC2)CC(c2cccs2)=CO3)n[nH]1. The zero-order valence-corrected chi connectivity index (χ0v) is 16.4. The molecule has 4 rings (SSSR count). The Labute approximate surface area is 158 Å². The molecule has 138 valence electrons. The minimum Gasteiger partial charge on any atom is -0.494 e. The Hall–Kier alpha value is -2.08. The summed E-state index contributed by atoms with van der Waals surface area (Å²) in [5, 5.41) is 9.34. The first-order valence-electron chi connectivity index (χ1n) is 9.12. The van der Waals surface area contributed by atoms with E-state index in [1.54, 1.807) is 11.3 Å². The number of H-pyrrole nitrogens is 1. The topological polar surface area (TPSA) is 58.2 Å². The number of carbonyl (C=O) groups is 1. The van der Waals surface area contributed by atoms with Crippen LogP contribution in [0.15, 0.2) is 29.8 Å². The molecule has 1 amide bonds. The average molecular weight is 372 g/mol. The molecule has 0 bridgehead atoms. The number of aromatic nitrogens is 2. The molecule has 0 unspecified atom stereocenters. The maximum atomic E-state index is 12.8. The summed E-state index contributed by atoms with van der Waals surface area (Å²) in [6.07, 6.45) is 4.58. The van der Waals surface area contributed by atoms with E-state index < -0.39 is 0 Å². The van der Waals surface area contributed by atoms with Gasteiger partial charge in [0.05, 0.1) is 6.26 Å². The van der Waals surface area contributed by atoms with Crippen LogP contribution in [-0.4, -0.2) is 39.7 Å². The van der Waals surface area contributed by atoms with E-state index in [-0.39, 0.29) is 16.9 Å². The number of thiophene rings is 1. The van der Waals surface area contributed by atoms with Gasteiger partial charge in [0.1, 0.15) is 11.3 Å². The molecule has 6 heteroatoms. The molecule has 1 spiro atoms. The molecule has 0 aliphatic carbocycles. The summed E-state index contributed by atoms with van der Waals surface area (Å²) in [6.45, 7) is 7.74. The van der Waals surface area contributed by atoms with E-state index in [0.717, 1.165) is 25.0 Å². The molecule has 0 atom stereocenters. The van der Waals surface area contributed by atoms with Crippen molar-refractivity contribution in [1.29, 1.82) is 0 Å². The third kappa shape index (κ3) is 3.18. The highest BCUT2D eigenvalue weighted by Crippen LogP contribution is 2.42. The van der Waals surface area contributed by atoms with E-state index in [0.29, 0.717) is 18.8 Å². The van der Waals surface area contributed by atoms with Crippen LogP contribution >= 0.6 is 11.3 Å². The lowest BCUT2D eigenvalue weighted by molar-refractivity contribution is -0.0114. The van der Waals surface area contributed by atoms with Crippen LogP contribution in [0.4, 0.5) is 0 Å². The molecule has 2 aliphatic rings. The molecule has 4 heterocycles. The highest BCUT2D eigenvalue weighted by Gasteiger charge is 2.41. The van der Waals surface area contributed by atoms with Gasteiger partial charge in [0.2, 0.25) is 0 Å². The van der Waals surface area contributed by atoms with Gasteiger partial charge in [-0.3, -0.25) is 9.89 Å². The van der Waals surface area contributed by atoms with Gasteiger partial charge in [-0.1, -0.05) is 26.8 Å². The number of aromatic amines is 1. The van der Waals surface area contributed by atoms with Crippen LogP contribution < -0.4 is 0 Å². The summed E-state index contributed by atoms with van der Waals surface area (Å²) in [6, 6.07) is 6.10. The second-order valence-electron chi connectivity index (χ2n) is 8.31. The van der Waals surface area contributed by atoms with Crippen molar-refractivity contribution in [3.05, 3.63) is 46.1 Å². The number of likely N-dealkylation sites (tertiary alicyclic amines) is 1. The quantitative estimate of drug-likeness (QED) is 0.860. The van der Waals surface area contributed by atoms with Gasteiger partial charge in [-0.25, -0.2) is 0 Å². The van der Waals surface area contributed by atoms with E-state index >= 15 is 0 Å². The minimum absolute atomic E-state index is 0.0102. The number of hydrogen-bond acceptors (Lipinski definition) is 4. The van der Waals surface area contributed by atoms with Gasteiger partial charge in [-0.05, 0) is 17.5 Å². The normalized spacial score (nSPS) is 19.5. The van der Waals surface area contributed by atoms with Crippen molar-refractivity contribution in [2.75, 3.05) is 13.1 Å². The molecule has 5 nitrogen and oxygen atoms in total. The number of nitrogens with one attached hydrogen (secondary N) is 1. The fourth-order valence-corrected chi connectivity index (χ4v) is 4.35. The van der Waals surface area contributed by atoms with Crippen LogP contribution in [-0.2, 0) is 10.2 Å². The third-order valence-electron chi connectivity index (χ3n) is 5.37. The monoisotopic (exact) mass is 371 g/mol. The summed E-state index contributed by atoms with van der Waals surface area (Å²) in [5.41, 5.74) is 2.59. The molecule has 1 fully saturated rings. The van der Waals surface area contributed by atoms with Crippen molar-refractivity contribution in [2.24, 2.45) is 0 Å².